The fraction of sp³-hybridized carbons (Fsp3) is 0.286. The minimum absolute atomic E-state index is 0.0718. The molecule has 1 fully saturated rings. The molecule has 4 nitrogen and oxygen atoms in total. The minimum Gasteiger partial charge on any atom is -0.326 e. The monoisotopic (exact) mass is 398 g/mol. The molecule has 0 aliphatic carbocycles. The van der Waals surface area contributed by atoms with Crippen molar-refractivity contribution < 1.29 is 9.59 Å². The first kappa shape index (κ1) is 19.6. The molecule has 0 saturated carbocycles. The summed E-state index contributed by atoms with van der Waals surface area (Å²) >= 11 is 6.67. The molecule has 1 aliphatic heterocycles. The fourth-order valence-electron chi connectivity index (χ4n) is 2.92. The molecule has 2 aromatic carbocycles. The number of thioether (sulfide) groups is 1. The Morgan fingerprint density at radius 2 is 1.81 bits per heavy atom. The van der Waals surface area contributed by atoms with E-state index in [4.69, 9.17) is 12.2 Å². The molecule has 1 N–H and O–H groups in total. The molecule has 0 bridgehead atoms. The van der Waals surface area contributed by atoms with Gasteiger partial charge in [-0.3, -0.25) is 14.5 Å². The zero-order valence-electron chi connectivity index (χ0n) is 15.2. The van der Waals surface area contributed by atoms with Gasteiger partial charge < -0.3 is 5.32 Å². The van der Waals surface area contributed by atoms with E-state index >= 15 is 0 Å². The van der Waals surface area contributed by atoms with Crippen molar-refractivity contribution >= 4 is 45.8 Å². The summed E-state index contributed by atoms with van der Waals surface area (Å²) in [7, 11) is 0. The summed E-state index contributed by atoms with van der Waals surface area (Å²) in [4.78, 5) is 26.6. The molecule has 0 aromatic heterocycles. The van der Waals surface area contributed by atoms with Crippen molar-refractivity contribution in [2.75, 3.05) is 11.9 Å². The van der Waals surface area contributed by atoms with Gasteiger partial charge in [0.25, 0.3) is 0 Å². The van der Waals surface area contributed by atoms with Gasteiger partial charge in [0.1, 0.15) is 4.32 Å². The molecule has 0 radical (unpaired) electrons. The molecule has 1 aliphatic rings. The number of aryl methyl sites for hydroxylation is 1. The Balaban J connectivity index is 1.53. The topological polar surface area (TPSA) is 49.4 Å². The molecule has 2 amide bonds. The van der Waals surface area contributed by atoms with Gasteiger partial charge in [-0.25, -0.2) is 0 Å². The predicted molar refractivity (Wildman–Crippen MR) is 115 cm³/mol. The molecule has 1 atom stereocenters. The maximum absolute atomic E-state index is 12.6. The second-order valence-electron chi connectivity index (χ2n) is 6.40. The third-order valence-electron chi connectivity index (χ3n) is 4.49. The van der Waals surface area contributed by atoms with Gasteiger partial charge >= 0.3 is 0 Å². The van der Waals surface area contributed by atoms with E-state index < -0.39 is 5.25 Å². The molecular weight excluding hydrogens is 376 g/mol. The Hall–Kier alpha value is -2.18. The van der Waals surface area contributed by atoms with Crippen LogP contribution in [-0.2, 0) is 22.4 Å². The highest BCUT2D eigenvalue weighted by Gasteiger charge is 2.37. The van der Waals surface area contributed by atoms with Gasteiger partial charge in [0.05, 0.1) is 5.25 Å². The summed E-state index contributed by atoms with van der Waals surface area (Å²) in [6.07, 6.45) is 1.83. The summed E-state index contributed by atoms with van der Waals surface area (Å²) < 4.78 is 0.557. The van der Waals surface area contributed by atoms with E-state index in [2.05, 4.69) is 12.2 Å². The lowest BCUT2D eigenvalue weighted by Crippen LogP contribution is -2.34. The van der Waals surface area contributed by atoms with Gasteiger partial charge in [-0.05, 0) is 36.1 Å². The van der Waals surface area contributed by atoms with Crippen LogP contribution >= 0.6 is 24.0 Å². The van der Waals surface area contributed by atoms with E-state index in [0.717, 1.165) is 24.1 Å². The van der Waals surface area contributed by atoms with Crippen LogP contribution in [0.4, 0.5) is 5.69 Å². The van der Waals surface area contributed by atoms with Crippen LogP contribution in [-0.4, -0.2) is 32.8 Å². The van der Waals surface area contributed by atoms with Crippen molar-refractivity contribution in [3.05, 3.63) is 65.7 Å². The molecule has 1 saturated heterocycles. The van der Waals surface area contributed by atoms with Gasteiger partial charge in [0.15, 0.2) is 0 Å². The maximum atomic E-state index is 12.6. The number of carbonyl (C=O) groups excluding carboxylic acids is 2. The number of hydrogen-bond donors (Lipinski definition) is 1. The van der Waals surface area contributed by atoms with Gasteiger partial charge in [0, 0.05) is 18.7 Å². The molecule has 1 heterocycles. The average molecular weight is 399 g/mol. The molecule has 27 heavy (non-hydrogen) atoms. The van der Waals surface area contributed by atoms with Gasteiger partial charge in [-0.2, -0.15) is 0 Å². The SMILES string of the molecule is CCc1ccc(NC(=O)CC2SC(=S)N(CCc3ccccc3)C2=O)cc1. The number of hydrogen-bond acceptors (Lipinski definition) is 4. The first-order valence-electron chi connectivity index (χ1n) is 9.01. The Morgan fingerprint density at radius 3 is 2.48 bits per heavy atom. The summed E-state index contributed by atoms with van der Waals surface area (Å²) in [6.45, 7) is 2.63. The molecule has 6 heteroatoms. The van der Waals surface area contributed by atoms with E-state index in [1.807, 2.05) is 54.6 Å². The van der Waals surface area contributed by atoms with Crippen LogP contribution in [0.2, 0.25) is 0 Å². The number of thiocarbonyl (C=S) groups is 1. The number of anilines is 1. The van der Waals surface area contributed by atoms with Crippen molar-refractivity contribution in [1.29, 1.82) is 0 Å². The largest absolute Gasteiger partial charge is 0.326 e. The van der Waals surface area contributed by atoms with Crippen molar-refractivity contribution in [2.45, 2.75) is 31.4 Å². The number of rotatable bonds is 7. The van der Waals surface area contributed by atoms with Crippen LogP contribution < -0.4 is 5.32 Å². The zero-order chi connectivity index (χ0) is 19.2. The highest BCUT2D eigenvalue weighted by Crippen LogP contribution is 2.30. The molecule has 2 aromatic rings. The Morgan fingerprint density at radius 1 is 1.11 bits per heavy atom. The molecular formula is C21H22N2O2S2. The summed E-state index contributed by atoms with van der Waals surface area (Å²) in [5.74, 6) is -0.241. The van der Waals surface area contributed by atoms with E-state index in [0.29, 0.717) is 10.9 Å². The standard InChI is InChI=1S/C21H22N2O2S2/c1-2-15-8-10-17(11-9-15)22-19(24)14-18-20(25)23(21(26)27-18)13-12-16-6-4-3-5-7-16/h3-11,18H,2,12-14H2,1H3,(H,22,24). The Labute approximate surface area is 169 Å². The second-order valence-corrected chi connectivity index (χ2v) is 8.24. The number of nitrogens with one attached hydrogen (secondary N) is 1. The van der Waals surface area contributed by atoms with Gasteiger partial charge in [-0.15, -0.1) is 0 Å². The zero-order valence-corrected chi connectivity index (χ0v) is 16.8. The number of benzene rings is 2. The van der Waals surface area contributed by atoms with Crippen LogP contribution in [0.25, 0.3) is 0 Å². The third kappa shape index (κ3) is 5.17. The van der Waals surface area contributed by atoms with Crippen LogP contribution in [0.1, 0.15) is 24.5 Å². The smallest absolute Gasteiger partial charge is 0.242 e. The van der Waals surface area contributed by atoms with Crippen LogP contribution in [0, 0.1) is 0 Å². The van der Waals surface area contributed by atoms with E-state index in [9.17, 15) is 9.59 Å². The lowest BCUT2D eigenvalue weighted by molar-refractivity contribution is -0.128. The minimum atomic E-state index is -0.441. The van der Waals surface area contributed by atoms with Crippen molar-refractivity contribution in [1.82, 2.24) is 4.90 Å². The summed E-state index contributed by atoms with van der Waals surface area (Å²) in [5, 5.41) is 2.42. The number of carbonyl (C=O) groups is 2. The molecule has 1 unspecified atom stereocenters. The highest BCUT2D eigenvalue weighted by molar-refractivity contribution is 8.24. The number of nitrogens with zero attached hydrogens (tertiary/aromatic N) is 1. The third-order valence-corrected chi connectivity index (χ3v) is 6.07. The summed E-state index contributed by atoms with van der Waals surface area (Å²) in [5.41, 5.74) is 3.12. The van der Waals surface area contributed by atoms with Crippen LogP contribution in [0.3, 0.4) is 0 Å². The predicted octanol–water partition coefficient (Wildman–Crippen LogP) is 4.05. The van der Waals surface area contributed by atoms with Crippen molar-refractivity contribution in [3.63, 3.8) is 0 Å². The Bertz CT molecular complexity index is 822. The van der Waals surface area contributed by atoms with Gasteiger partial charge in [-0.1, -0.05) is 73.4 Å². The van der Waals surface area contributed by atoms with Crippen LogP contribution in [0.5, 0.6) is 0 Å². The highest BCUT2D eigenvalue weighted by atomic mass is 32.2. The normalized spacial score (nSPS) is 16.6. The van der Waals surface area contributed by atoms with Crippen molar-refractivity contribution in [2.24, 2.45) is 0 Å². The van der Waals surface area contributed by atoms with E-state index in [-0.39, 0.29) is 18.2 Å². The van der Waals surface area contributed by atoms with Crippen molar-refractivity contribution in [3.8, 4) is 0 Å². The molecule has 3 rings (SSSR count). The first-order valence-corrected chi connectivity index (χ1v) is 10.3. The van der Waals surface area contributed by atoms with Gasteiger partial charge in [0.2, 0.25) is 11.8 Å². The van der Waals surface area contributed by atoms with E-state index in [1.54, 1.807) is 4.90 Å². The molecule has 0 spiro atoms. The van der Waals surface area contributed by atoms with E-state index in [1.165, 1.54) is 17.3 Å². The first-order chi connectivity index (χ1) is 13.1. The van der Waals surface area contributed by atoms with Crippen LogP contribution in [0.15, 0.2) is 54.6 Å². The fourth-order valence-corrected chi connectivity index (χ4v) is 4.46. The second kappa shape index (κ2) is 9.15. The Kier molecular flexibility index (Phi) is 6.63. The average Bonchev–Trinajstić information content (AvgIpc) is 2.94. The maximum Gasteiger partial charge on any atom is 0.242 e. The lowest BCUT2D eigenvalue weighted by Gasteiger charge is -2.15. The lowest BCUT2D eigenvalue weighted by atomic mass is 10.1. The number of amides is 2. The quantitative estimate of drug-likeness (QED) is 0.715. The molecule has 140 valence electrons. The summed E-state index contributed by atoms with van der Waals surface area (Å²) in [6, 6.07) is 17.8.